The summed E-state index contributed by atoms with van der Waals surface area (Å²) in [7, 11) is 0. The van der Waals surface area contributed by atoms with Crippen molar-refractivity contribution in [3.05, 3.63) is 12.8 Å². The molecule has 1 aliphatic rings. The highest BCUT2D eigenvalue weighted by Crippen LogP contribution is 2.11. The molecule has 1 rings (SSSR count). The van der Waals surface area contributed by atoms with Crippen molar-refractivity contribution < 1.29 is 5.11 Å². The Balaban J connectivity index is 2.25. The summed E-state index contributed by atoms with van der Waals surface area (Å²) in [6, 6.07) is 0. The molecule has 1 atom stereocenters. The Morgan fingerprint density at radius 2 is 2.50 bits per heavy atom. The minimum atomic E-state index is 0.0301. The quantitative estimate of drug-likeness (QED) is 0.312. The van der Waals surface area contributed by atoms with Gasteiger partial charge in [0.1, 0.15) is 6.54 Å². The molecule has 2 N–H and O–H groups in total. The number of nitrogens with zero attached hydrogens (tertiary/aromatic N) is 1. The SMILES string of the molecule is C=CN1CC1[OH2+]. The average Bonchev–Trinajstić information content (AvgIpc) is 2.19. The van der Waals surface area contributed by atoms with Gasteiger partial charge in [-0.1, -0.05) is 6.58 Å². The van der Waals surface area contributed by atoms with E-state index in [1.807, 2.05) is 4.90 Å². The van der Waals surface area contributed by atoms with Crippen molar-refractivity contribution in [3.63, 3.8) is 0 Å². The lowest BCUT2D eigenvalue weighted by molar-refractivity contribution is 0.233. The monoisotopic (exact) mass is 86.1 g/mol. The fourth-order valence-corrected chi connectivity index (χ4v) is 0.354. The molecule has 0 saturated carbocycles. The van der Waals surface area contributed by atoms with Crippen LogP contribution in [0.2, 0.25) is 0 Å². The van der Waals surface area contributed by atoms with Gasteiger partial charge in [0, 0.05) is 0 Å². The van der Waals surface area contributed by atoms with Crippen molar-refractivity contribution in [2.45, 2.75) is 6.23 Å². The lowest BCUT2D eigenvalue weighted by atomic mass is 10.9. The van der Waals surface area contributed by atoms with Crippen molar-refractivity contribution in [1.29, 1.82) is 0 Å². The van der Waals surface area contributed by atoms with Crippen LogP contribution in [0.3, 0.4) is 0 Å². The van der Waals surface area contributed by atoms with Gasteiger partial charge in [-0.25, -0.2) is 0 Å². The molecule has 1 fully saturated rings. The van der Waals surface area contributed by atoms with Crippen molar-refractivity contribution in [1.82, 2.24) is 4.90 Å². The first-order valence-electron chi connectivity index (χ1n) is 1.94. The predicted molar refractivity (Wildman–Crippen MR) is 24.3 cm³/mol. The fourth-order valence-electron chi connectivity index (χ4n) is 0.354. The van der Waals surface area contributed by atoms with E-state index in [4.69, 9.17) is 5.11 Å². The summed E-state index contributed by atoms with van der Waals surface area (Å²) in [4.78, 5) is 1.85. The van der Waals surface area contributed by atoms with E-state index in [1.54, 1.807) is 6.20 Å². The van der Waals surface area contributed by atoms with Crippen molar-refractivity contribution >= 4 is 0 Å². The second kappa shape index (κ2) is 0.980. The molecule has 1 heterocycles. The zero-order valence-electron chi connectivity index (χ0n) is 3.52. The predicted octanol–water partition coefficient (Wildman–Crippen LogP) is -0.504. The van der Waals surface area contributed by atoms with Gasteiger partial charge in [0.25, 0.3) is 6.23 Å². The highest BCUT2D eigenvalue weighted by molar-refractivity contribution is 4.87. The second-order valence-corrected chi connectivity index (χ2v) is 1.40. The molecule has 0 radical (unpaired) electrons. The first kappa shape index (κ1) is 3.68. The van der Waals surface area contributed by atoms with Gasteiger partial charge in [-0.15, -0.1) is 0 Å². The van der Waals surface area contributed by atoms with E-state index in [1.165, 1.54) is 0 Å². The van der Waals surface area contributed by atoms with E-state index in [0.717, 1.165) is 6.54 Å². The topological polar surface area (TPSA) is 25.9 Å². The zero-order chi connectivity index (χ0) is 4.57. The van der Waals surface area contributed by atoms with E-state index in [-0.39, 0.29) is 6.23 Å². The molecule has 1 unspecified atom stereocenters. The third-order valence-electron chi connectivity index (χ3n) is 0.885. The Kier molecular flexibility index (Phi) is 0.601. The van der Waals surface area contributed by atoms with Crippen LogP contribution in [0.5, 0.6) is 0 Å². The molecule has 0 aromatic rings. The third kappa shape index (κ3) is 0.389. The maximum Gasteiger partial charge on any atom is 0.251 e. The second-order valence-electron chi connectivity index (χ2n) is 1.40. The average molecular weight is 86.1 g/mol. The van der Waals surface area contributed by atoms with Crippen molar-refractivity contribution in [2.75, 3.05) is 6.54 Å². The minimum Gasteiger partial charge on any atom is -0.425 e. The highest BCUT2D eigenvalue weighted by Gasteiger charge is 2.32. The number of rotatable bonds is 1. The van der Waals surface area contributed by atoms with Crippen LogP contribution < -0.4 is 0 Å². The normalized spacial score (nSPS) is 30.2. The van der Waals surface area contributed by atoms with Crippen molar-refractivity contribution in [3.8, 4) is 0 Å². The van der Waals surface area contributed by atoms with Crippen LogP contribution >= 0.6 is 0 Å². The van der Waals surface area contributed by atoms with Gasteiger partial charge in [0.2, 0.25) is 0 Å². The fraction of sp³-hybridized carbons (Fsp3) is 0.500. The van der Waals surface area contributed by atoms with E-state index < -0.39 is 0 Å². The van der Waals surface area contributed by atoms with Gasteiger partial charge in [-0.2, -0.15) is 0 Å². The summed E-state index contributed by atoms with van der Waals surface area (Å²) in [6.07, 6.45) is 1.72. The van der Waals surface area contributed by atoms with E-state index in [0.29, 0.717) is 0 Å². The molecule has 0 aromatic heterocycles. The van der Waals surface area contributed by atoms with Crippen LogP contribution in [0.4, 0.5) is 0 Å². The van der Waals surface area contributed by atoms with Crippen LogP contribution in [0.15, 0.2) is 12.8 Å². The zero-order valence-corrected chi connectivity index (χ0v) is 3.52. The Labute approximate surface area is 36.7 Å². The van der Waals surface area contributed by atoms with E-state index >= 15 is 0 Å². The van der Waals surface area contributed by atoms with Crippen LogP contribution in [-0.4, -0.2) is 22.8 Å². The van der Waals surface area contributed by atoms with Gasteiger partial charge < -0.3 is 10.0 Å². The summed E-state index contributed by atoms with van der Waals surface area (Å²) in [6.45, 7) is 4.36. The maximum atomic E-state index is 6.91. The Hall–Kier alpha value is -0.500. The first-order chi connectivity index (χ1) is 2.84. The molecule has 0 aliphatic carbocycles. The summed E-state index contributed by atoms with van der Waals surface area (Å²) in [5.41, 5.74) is 0. The summed E-state index contributed by atoms with van der Waals surface area (Å²) >= 11 is 0. The standard InChI is InChI=1S/C4H7NO/c1-2-5-3-4(5)6/h2,4,6H,1,3H2/p+1. The molecule has 34 valence electrons. The molecule has 2 nitrogen and oxygen atoms in total. The lowest BCUT2D eigenvalue weighted by Crippen LogP contribution is -1.86. The minimum absolute atomic E-state index is 0.0301. The molecule has 1 aliphatic heterocycles. The Morgan fingerprint density at radius 3 is 2.50 bits per heavy atom. The van der Waals surface area contributed by atoms with Gasteiger partial charge in [0.05, 0.1) is 0 Å². The number of hydrogen-bond acceptors (Lipinski definition) is 1. The third-order valence-corrected chi connectivity index (χ3v) is 0.885. The number of hydrogen-bond donors (Lipinski definition) is 0. The first-order valence-corrected chi connectivity index (χ1v) is 1.94. The van der Waals surface area contributed by atoms with E-state index in [9.17, 15) is 0 Å². The molecule has 2 heteroatoms. The van der Waals surface area contributed by atoms with Gasteiger partial charge >= 0.3 is 0 Å². The van der Waals surface area contributed by atoms with Gasteiger partial charge in [-0.05, 0) is 6.20 Å². The smallest absolute Gasteiger partial charge is 0.251 e. The van der Waals surface area contributed by atoms with Gasteiger partial charge in [0.15, 0.2) is 0 Å². The Morgan fingerprint density at radius 1 is 2.00 bits per heavy atom. The van der Waals surface area contributed by atoms with E-state index in [2.05, 4.69) is 6.58 Å². The van der Waals surface area contributed by atoms with Crippen molar-refractivity contribution in [2.24, 2.45) is 0 Å². The molecule has 0 aromatic carbocycles. The maximum absolute atomic E-state index is 6.91. The largest absolute Gasteiger partial charge is 0.425 e. The van der Waals surface area contributed by atoms with Crippen LogP contribution in [0.1, 0.15) is 0 Å². The molecule has 1 saturated heterocycles. The molecule has 0 amide bonds. The Bertz CT molecular complexity index is 71.9. The molecule has 0 bridgehead atoms. The molecular weight excluding hydrogens is 78.0 g/mol. The molecule has 0 spiro atoms. The summed E-state index contributed by atoms with van der Waals surface area (Å²) < 4.78 is 0. The van der Waals surface area contributed by atoms with Crippen LogP contribution in [-0.2, 0) is 0 Å². The van der Waals surface area contributed by atoms with Crippen LogP contribution in [0, 0.1) is 0 Å². The summed E-state index contributed by atoms with van der Waals surface area (Å²) in [5, 5.41) is 6.91. The van der Waals surface area contributed by atoms with Gasteiger partial charge in [-0.3, -0.25) is 0 Å². The molecular formula is C4H8NO+. The highest BCUT2D eigenvalue weighted by atomic mass is 16.3. The lowest BCUT2D eigenvalue weighted by Gasteiger charge is -1.79. The summed E-state index contributed by atoms with van der Waals surface area (Å²) in [5.74, 6) is 0. The van der Waals surface area contributed by atoms with Crippen LogP contribution in [0.25, 0.3) is 0 Å². The molecule has 6 heavy (non-hydrogen) atoms.